The molecule has 4 nitrogen and oxygen atoms in total. The second-order valence-corrected chi connectivity index (χ2v) is 2.14. The van der Waals surface area contributed by atoms with Crippen molar-refractivity contribution in [2.45, 2.75) is 0 Å². The van der Waals surface area contributed by atoms with Crippen LogP contribution in [0.25, 0.3) is 0 Å². The maximum atomic E-state index is 7.11. The van der Waals surface area contributed by atoms with Crippen LogP contribution in [0.4, 0.5) is 0 Å². The van der Waals surface area contributed by atoms with Gasteiger partial charge in [0.05, 0.1) is 5.71 Å². The number of halogens is 1. The summed E-state index contributed by atoms with van der Waals surface area (Å²) in [5.74, 6) is -0.00231. The van der Waals surface area contributed by atoms with Gasteiger partial charge in [0.25, 0.3) is 0 Å². The van der Waals surface area contributed by atoms with Gasteiger partial charge in [0, 0.05) is 6.08 Å². The van der Waals surface area contributed by atoms with E-state index in [1.807, 2.05) is 0 Å². The monoisotopic (exact) mass is 156 g/mol. The molecule has 1 rings (SSSR count). The molecule has 1 aliphatic rings. The topological polar surface area (TPSA) is 86.1 Å². The first kappa shape index (κ1) is 6.95. The number of nitrogens with two attached hydrogens (primary N) is 1. The second kappa shape index (κ2) is 2.22. The molecule has 0 bridgehead atoms. The maximum absolute atomic E-state index is 7.11. The highest BCUT2D eigenvalue weighted by Crippen LogP contribution is 2.07. The molecule has 52 valence electrons. The number of rotatable bonds is 0. The Labute approximate surface area is 62.4 Å². The minimum Gasteiger partial charge on any atom is -0.382 e. The van der Waals surface area contributed by atoms with Crippen molar-refractivity contribution in [1.82, 2.24) is 0 Å². The molecule has 0 aromatic carbocycles. The molecule has 0 saturated heterocycles. The summed E-state index contributed by atoms with van der Waals surface area (Å²) in [4.78, 5) is 3.57. The Morgan fingerprint density at radius 3 is 2.60 bits per heavy atom. The predicted molar refractivity (Wildman–Crippen MR) is 41.0 cm³/mol. The number of aliphatic imine (C=N–C) groups is 1. The lowest BCUT2D eigenvalue weighted by molar-refractivity contribution is 1.42. The normalized spacial score (nSPS) is 18.5. The molecule has 0 atom stereocenters. The first-order valence-corrected chi connectivity index (χ1v) is 2.88. The van der Waals surface area contributed by atoms with E-state index in [1.165, 1.54) is 6.08 Å². The molecule has 0 unspecified atom stereocenters. The second-order valence-electron chi connectivity index (χ2n) is 1.75. The van der Waals surface area contributed by atoms with Crippen LogP contribution in [0.2, 0.25) is 0 Å². The number of nitrogens with one attached hydrogen (secondary N) is 2. The SMILES string of the molecule is N=C1C=C(Cl)N=C(N)C1=N. The molecule has 4 N–H and O–H groups in total. The Morgan fingerprint density at radius 1 is 1.50 bits per heavy atom. The van der Waals surface area contributed by atoms with Crippen LogP contribution in [0.3, 0.4) is 0 Å². The molecule has 1 heterocycles. The van der Waals surface area contributed by atoms with Crippen molar-refractivity contribution in [3.05, 3.63) is 11.2 Å². The zero-order valence-corrected chi connectivity index (χ0v) is 5.74. The largest absolute Gasteiger partial charge is 0.382 e. The van der Waals surface area contributed by atoms with Crippen molar-refractivity contribution in [2.75, 3.05) is 0 Å². The average molecular weight is 157 g/mol. The van der Waals surface area contributed by atoms with E-state index in [0.717, 1.165) is 0 Å². The van der Waals surface area contributed by atoms with Crippen LogP contribution < -0.4 is 5.73 Å². The Bertz CT molecular complexity index is 260. The lowest BCUT2D eigenvalue weighted by Crippen LogP contribution is -2.31. The van der Waals surface area contributed by atoms with Crippen LogP contribution in [0.15, 0.2) is 16.2 Å². The van der Waals surface area contributed by atoms with Gasteiger partial charge in [-0.1, -0.05) is 11.6 Å². The van der Waals surface area contributed by atoms with Crippen LogP contribution in [0.5, 0.6) is 0 Å². The Kier molecular flexibility index (Phi) is 1.55. The van der Waals surface area contributed by atoms with E-state index in [9.17, 15) is 0 Å². The number of hydrogen-bond acceptors (Lipinski definition) is 4. The van der Waals surface area contributed by atoms with Crippen LogP contribution in [0.1, 0.15) is 0 Å². The van der Waals surface area contributed by atoms with E-state index in [-0.39, 0.29) is 22.4 Å². The van der Waals surface area contributed by atoms with Crippen molar-refractivity contribution in [3.8, 4) is 0 Å². The highest BCUT2D eigenvalue weighted by molar-refractivity contribution is 6.70. The first-order valence-electron chi connectivity index (χ1n) is 2.50. The molecule has 10 heavy (non-hydrogen) atoms. The molecule has 0 saturated carbocycles. The van der Waals surface area contributed by atoms with Gasteiger partial charge in [0.1, 0.15) is 10.9 Å². The van der Waals surface area contributed by atoms with Crippen molar-refractivity contribution >= 4 is 28.9 Å². The van der Waals surface area contributed by atoms with Gasteiger partial charge in [-0.15, -0.1) is 0 Å². The molecule has 0 aliphatic carbocycles. The zero-order chi connectivity index (χ0) is 7.72. The molecule has 0 fully saturated rings. The summed E-state index contributed by atoms with van der Waals surface area (Å²) in [5.41, 5.74) is 5.14. The summed E-state index contributed by atoms with van der Waals surface area (Å²) in [6, 6.07) is 0. The summed E-state index contributed by atoms with van der Waals surface area (Å²) in [6.07, 6.45) is 1.28. The fraction of sp³-hybridized carbons (Fsp3) is 0. The summed E-state index contributed by atoms with van der Waals surface area (Å²) < 4.78 is 0. The van der Waals surface area contributed by atoms with Gasteiger partial charge in [0.2, 0.25) is 0 Å². The molecule has 0 spiro atoms. The number of amidine groups is 1. The fourth-order valence-electron chi connectivity index (χ4n) is 0.532. The maximum Gasteiger partial charge on any atom is 0.152 e. The summed E-state index contributed by atoms with van der Waals surface area (Å²) >= 11 is 5.43. The Hall–Kier alpha value is -1.16. The molecule has 0 amide bonds. The molecule has 0 aromatic rings. The van der Waals surface area contributed by atoms with Gasteiger partial charge in [-0.05, 0) is 0 Å². The smallest absolute Gasteiger partial charge is 0.152 e. The van der Waals surface area contributed by atoms with Gasteiger partial charge in [0.15, 0.2) is 5.84 Å². The van der Waals surface area contributed by atoms with Gasteiger partial charge in [-0.2, -0.15) is 0 Å². The van der Waals surface area contributed by atoms with Crippen LogP contribution in [-0.2, 0) is 0 Å². The average Bonchev–Trinajstić information content (AvgIpc) is 1.82. The van der Waals surface area contributed by atoms with Crippen LogP contribution >= 0.6 is 11.6 Å². The van der Waals surface area contributed by atoms with E-state index in [4.69, 9.17) is 28.2 Å². The highest BCUT2D eigenvalue weighted by atomic mass is 35.5. The lowest BCUT2D eigenvalue weighted by atomic mass is 10.2. The predicted octanol–water partition coefficient (Wildman–Crippen LogP) is 0.477. The summed E-state index contributed by atoms with van der Waals surface area (Å²) in [5, 5.41) is 14.4. The standard InChI is InChI=1S/C5H5ClN4/c6-3-1-2(7)4(8)5(9)10-3/h1,7-8H,(H2,9,10). The van der Waals surface area contributed by atoms with Crippen LogP contribution in [0, 0.1) is 10.8 Å². The van der Waals surface area contributed by atoms with E-state index in [1.54, 1.807) is 0 Å². The first-order chi connectivity index (χ1) is 4.61. The highest BCUT2D eigenvalue weighted by Gasteiger charge is 2.12. The van der Waals surface area contributed by atoms with E-state index in [0.29, 0.717) is 0 Å². The number of nitrogens with zero attached hydrogens (tertiary/aromatic N) is 1. The third kappa shape index (κ3) is 1.06. The van der Waals surface area contributed by atoms with Gasteiger partial charge >= 0.3 is 0 Å². The number of allylic oxidation sites excluding steroid dienone is 1. The van der Waals surface area contributed by atoms with Crippen LogP contribution in [-0.4, -0.2) is 17.3 Å². The van der Waals surface area contributed by atoms with Crippen molar-refractivity contribution in [2.24, 2.45) is 10.7 Å². The van der Waals surface area contributed by atoms with Gasteiger partial charge in [-0.3, -0.25) is 10.8 Å². The Balaban J connectivity index is 3.07. The molecular formula is C5H5ClN4. The van der Waals surface area contributed by atoms with Gasteiger partial charge in [-0.25, -0.2) is 4.99 Å². The van der Waals surface area contributed by atoms with E-state index < -0.39 is 0 Å². The minimum absolute atomic E-state index is 0.00231. The zero-order valence-electron chi connectivity index (χ0n) is 4.98. The third-order valence-electron chi connectivity index (χ3n) is 1.02. The quantitative estimate of drug-likeness (QED) is 0.438. The van der Waals surface area contributed by atoms with Crippen molar-refractivity contribution in [1.29, 1.82) is 10.8 Å². The molecule has 1 aliphatic heterocycles. The van der Waals surface area contributed by atoms with E-state index in [2.05, 4.69) is 4.99 Å². The third-order valence-corrected chi connectivity index (χ3v) is 1.21. The summed E-state index contributed by atoms with van der Waals surface area (Å²) in [7, 11) is 0. The fourth-order valence-corrected chi connectivity index (χ4v) is 0.733. The molecule has 0 radical (unpaired) electrons. The number of hydrogen-bond donors (Lipinski definition) is 3. The van der Waals surface area contributed by atoms with Crippen molar-refractivity contribution < 1.29 is 0 Å². The molecular weight excluding hydrogens is 152 g/mol. The lowest BCUT2D eigenvalue weighted by Gasteiger charge is -2.05. The van der Waals surface area contributed by atoms with Gasteiger partial charge < -0.3 is 5.73 Å². The summed E-state index contributed by atoms with van der Waals surface area (Å²) in [6.45, 7) is 0. The Morgan fingerprint density at radius 2 is 2.10 bits per heavy atom. The minimum atomic E-state index is -0.0793. The van der Waals surface area contributed by atoms with E-state index >= 15 is 0 Å². The van der Waals surface area contributed by atoms with Crippen molar-refractivity contribution in [3.63, 3.8) is 0 Å². The molecule has 5 heteroatoms. The molecule has 0 aromatic heterocycles.